The molecule has 7 heteroatoms. The third-order valence-corrected chi connectivity index (χ3v) is 3.76. The van der Waals surface area contributed by atoms with Gasteiger partial charge < -0.3 is 4.55 Å². The highest BCUT2D eigenvalue weighted by Gasteiger charge is 2.17. The minimum absolute atomic E-state index is 0.0974. The summed E-state index contributed by atoms with van der Waals surface area (Å²) in [6.45, 7) is 0. The Morgan fingerprint density at radius 2 is 2.08 bits per heavy atom. The van der Waals surface area contributed by atoms with Gasteiger partial charge in [-0.15, -0.1) is 0 Å². The minimum atomic E-state index is -2.30. The summed E-state index contributed by atoms with van der Waals surface area (Å²) in [7, 11) is 0. The number of halogens is 4. The summed E-state index contributed by atoms with van der Waals surface area (Å²) >= 11 is 11.4. The van der Waals surface area contributed by atoms with Gasteiger partial charge in [0.2, 0.25) is 0 Å². The van der Waals surface area contributed by atoms with Gasteiger partial charge in [0.05, 0.1) is 19.4 Å². The first-order chi connectivity index (χ1) is 5.95. The van der Waals surface area contributed by atoms with Crippen LogP contribution in [-0.4, -0.2) is 8.76 Å². The number of benzene rings is 1. The lowest BCUT2D eigenvalue weighted by Gasteiger charge is -2.04. The third-order valence-electron chi connectivity index (χ3n) is 1.26. The van der Waals surface area contributed by atoms with Crippen molar-refractivity contribution in [3.05, 3.63) is 26.4 Å². The summed E-state index contributed by atoms with van der Waals surface area (Å²) in [5.41, 5.74) is 0. The van der Waals surface area contributed by atoms with Gasteiger partial charge in [0.25, 0.3) is 0 Å². The fraction of sp³-hybridized carbons (Fsp3) is 0. The van der Waals surface area contributed by atoms with E-state index in [9.17, 15) is 8.60 Å². The van der Waals surface area contributed by atoms with Crippen LogP contribution >= 0.6 is 39.1 Å². The zero-order chi connectivity index (χ0) is 10.2. The molecule has 0 aliphatic carbocycles. The molecular weight excluding hydrogens is 306 g/mol. The van der Waals surface area contributed by atoms with E-state index in [4.69, 9.17) is 27.8 Å². The molecule has 1 N–H and O–H groups in total. The Labute approximate surface area is 94.4 Å². The molecule has 0 saturated heterocycles. The van der Waals surface area contributed by atoms with E-state index in [2.05, 4.69) is 15.9 Å². The molecule has 0 bridgehead atoms. The molecule has 0 aliphatic heterocycles. The SMILES string of the molecule is O=S(O)c1cc(Cl)c(Cl)c(F)c1Br. The molecule has 0 amide bonds. The van der Waals surface area contributed by atoms with Crippen molar-refractivity contribution in [2.75, 3.05) is 0 Å². The Kier molecular flexibility index (Phi) is 3.71. The number of hydrogen-bond donors (Lipinski definition) is 1. The molecule has 0 heterocycles. The van der Waals surface area contributed by atoms with Crippen molar-refractivity contribution in [1.82, 2.24) is 0 Å². The smallest absolute Gasteiger partial charge is 0.187 e. The van der Waals surface area contributed by atoms with Gasteiger partial charge in [0.1, 0.15) is 0 Å². The fourth-order valence-corrected chi connectivity index (χ4v) is 2.39. The summed E-state index contributed by atoms with van der Waals surface area (Å²) in [4.78, 5) is -0.146. The summed E-state index contributed by atoms with van der Waals surface area (Å²) in [6.07, 6.45) is 0. The van der Waals surface area contributed by atoms with Gasteiger partial charge in [0, 0.05) is 0 Å². The van der Waals surface area contributed by atoms with Crippen LogP contribution in [0.5, 0.6) is 0 Å². The molecule has 0 aromatic heterocycles. The van der Waals surface area contributed by atoms with Crippen molar-refractivity contribution in [2.45, 2.75) is 4.90 Å². The monoisotopic (exact) mass is 306 g/mol. The Balaban J connectivity index is 3.50. The summed E-state index contributed by atoms with van der Waals surface area (Å²) < 4.78 is 32.3. The normalized spacial score (nSPS) is 13.0. The maximum absolute atomic E-state index is 13.1. The molecule has 1 aromatic rings. The molecule has 1 atom stereocenters. The van der Waals surface area contributed by atoms with Gasteiger partial charge in [-0.1, -0.05) is 23.2 Å². The Hall–Kier alpha value is 0.320. The standard InChI is InChI=1S/C6H2BrCl2FO2S/c7-4-3(13(11)12)1-2(8)5(9)6(4)10/h1H,(H,11,12). The zero-order valence-electron chi connectivity index (χ0n) is 5.85. The Morgan fingerprint density at radius 3 is 2.54 bits per heavy atom. The maximum atomic E-state index is 13.1. The van der Waals surface area contributed by atoms with E-state index in [-0.39, 0.29) is 19.4 Å². The van der Waals surface area contributed by atoms with Crippen LogP contribution in [0.2, 0.25) is 10.0 Å². The van der Waals surface area contributed by atoms with Gasteiger partial charge in [0.15, 0.2) is 16.9 Å². The van der Waals surface area contributed by atoms with E-state index in [0.29, 0.717) is 0 Å². The lowest BCUT2D eigenvalue weighted by molar-refractivity contribution is 0.560. The first-order valence-corrected chi connectivity index (χ1v) is 5.54. The van der Waals surface area contributed by atoms with Crippen molar-refractivity contribution >= 4 is 50.2 Å². The Morgan fingerprint density at radius 1 is 1.54 bits per heavy atom. The molecule has 13 heavy (non-hydrogen) atoms. The number of rotatable bonds is 1. The van der Waals surface area contributed by atoms with Gasteiger partial charge in [-0.2, -0.15) is 0 Å². The van der Waals surface area contributed by atoms with Crippen LogP contribution < -0.4 is 0 Å². The summed E-state index contributed by atoms with van der Waals surface area (Å²) in [5.74, 6) is -0.841. The average Bonchev–Trinajstić information content (AvgIpc) is 2.07. The fourth-order valence-electron chi connectivity index (χ4n) is 0.678. The van der Waals surface area contributed by atoms with Crippen LogP contribution in [0.25, 0.3) is 0 Å². The van der Waals surface area contributed by atoms with E-state index < -0.39 is 16.9 Å². The lowest BCUT2D eigenvalue weighted by Crippen LogP contribution is -1.94. The van der Waals surface area contributed by atoms with Crippen molar-refractivity contribution < 1.29 is 13.2 Å². The predicted octanol–water partition coefficient (Wildman–Crippen LogP) is 3.48. The van der Waals surface area contributed by atoms with E-state index >= 15 is 0 Å². The van der Waals surface area contributed by atoms with Crippen LogP contribution in [-0.2, 0) is 11.1 Å². The Bertz CT molecular complexity index is 385. The topological polar surface area (TPSA) is 37.3 Å². The molecule has 0 aliphatic rings. The molecule has 72 valence electrons. The molecule has 1 aromatic carbocycles. The van der Waals surface area contributed by atoms with E-state index in [1.54, 1.807) is 0 Å². The molecule has 0 saturated carbocycles. The highest BCUT2D eigenvalue weighted by Crippen LogP contribution is 2.34. The maximum Gasteiger partial charge on any atom is 0.187 e. The summed E-state index contributed by atoms with van der Waals surface area (Å²) in [5, 5.41) is -0.373. The van der Waals surface area contributed by atoms with Crippen molar-refractivity contribution in [2.24, 2.45) is 0 Å². The van der Waals surface area contributed by atoms with E-state index in [1.807, 2.05) is 0 Å². The molecule has 0 fully saturated rings. The molecule has 2 nitrogen and oxygen atoms in total. The first kappa shape index (κ1) is 11.4. The minimum Gasteiger partial charge on any atom is -0.302 e. The highest BCUT2D eigenvalue weighted by molar-refractivity contribution is 9.10. The average molecular weight is 308 g/mol. The zero-order valence-corrected chi connectivity index (χ0v) is 9.77. The lowest BCUT2D eigenvalue weighted by atomic mass is 10.3. The molecule has 1 unspecified atom stereocenters. The summed E-state index contributed by atoms with van der Waals surface area (Å²) in [6, 6.07) is 1.13. The second kappa shape index (κ2) is 4.23. The van der Waals surface area contributed by atoms with Crippen LogP contribution in [0, 0.1) is 5.82 Å². The molecule has 0 spiro atoms. The van der Waals surface area contributed by atoms with Crippen molar-refractivity contribution in [3.8, 4) is 0 Å². The van der Waals surface area contributed by atoms with Crippen LogP contribution in [0.1, 0.15) is 0 Å². The highest BCUT2D eigenvalue weighted by atomic mass is 79.9. The second-order valence-electron chi connectivity index (χ2n) is 2.05. The second-order valence-corrected chi connectivity index (χ2v) is 4.56. The molecule has 1 rings (SSSR count). The van der Waals surface area contributed by atoms with E-state index in [0.717, 1.165) is 6.07 Å². The van der Waals surface area contributed by atoms with Gasteiger partial charge >= 0.3 is 0 Å². The quantitative estimate of drug-likeness (QED) is 0.490. The number of hydrogen-bond acceptors (Lipinski definition) is 1. The van der Waals surface area contributed by atoms with Crippen LogP contribution in [0.15, 0.2) is 15.4 Å². The van der Waals surface area contributed by atoms with Gasteiger partial charge in [-0.3, -0.25) is 0 Å². The van der Waals surface area contributed by atoms with Crippen LogP contribution in [0.3, 0.4) is 0 Å². The molecular formula is C6H2BrCl2FO2S. The van der Waals surface area contributed by atoms with E-state index in [1.165, 1.54) is 0 Å². The largest absolute Gasteiger partial charge is 0.302 e. The van der Waals surface area contributed by atoms with Crippen molar-refractivity contribution in [1.29, 1.82) is 0 Å². The van der Waals surface area contributed by atoms with Crippen molar-refractivity contribution in [3.63, 3.8) is 0 Å². The predicted molar refractivity (Wildman–Crippen MR) is 53.2 cm³/mol. The van der Waals surface area contributed by atoms with Gasteiger partial charge in [-0.25, -0.2) is 8.60 Å². The van der Waals surface area contributed by atoms with Gasteiger partial charge in [-0.05, 0) is 22.0 Å². The first-order valence-electron chi connectivity index (χ1n) is 2.89. The molecule has 0 radical (unpaired) electrons. The third kappa shape index (κ3) is 2.22. The van der Waals surface area contributed by atoms with Crippen LogP contribution in [0.4, 0.5) is 4.39 Å².